The van der Waals surface area contributed by atoms with E-state index in [0.29, 0.717) is 0 Å². The highest BCUT2D eigenvalue weighted by molar-refractivity contribution is 7.99. The molecule has 0 saturated carbocycles. The van der Waals surface area contributed by atoms with E-state index in [0.717, 1.165) is 35.0 Å². The fraction of sp³-hybridized carbons (Fsp3) is 0.368. The van der Waals surface area contributed by atoms with Gasteiger partial charge in [0.05, 0.1) is 13.2 Å². The van der Waals surface area contributed by atoms with Crippen LogP contribution in [0.4, 0.5) is 0 Å². The Balaban J connectivity index is 1.54. The van der Waals surface area contributed by atoms with E-state index in [9.17, 15) is 5.11 Å². The van der Waals surface area contributed by atoms with Crippen LogP contribution in [-0.4, -0.2) is 17.5 Å². The van der Waals surface area contributed by atoms with Crippen LogP contribution in [-0.2, 0) is 6.61 Å². The lowest BCUT2D eigenvalue weighted by Gasteiger charge is -2.08. The number of aliphatic hydroxyl groups excluding tert-OH is 1. The number of benzene rings is 2. The third kappa shape index (κ3) is 6.50. The van der Waals surface area contributed by atoms with Gasteiger partial charge in [-0.05, 0) is 42.4 Å². The van der Waals surface area contributed by atoms with Gasteiger partial charge in [-0.1, -0.05) is 43.2 Å². The number of hydrogen-bond donors (Lipinski definition) is 2. The first-order valence-electron chi connectivity index (χ1n) is 8.03. The van der Waals surface area contributed by atoms with Crippen molar-refractivity contribution in [3.63, 3.8) is 0 Å². The summed E-state index contributed by atoms with van der Waals surface area (Å²) in [5.41, 5.74) is 1.02. The van der Waals surface area contributed by atoms with Crippen LogP contribution >= 0.6 is 24.4 Å². The van der Waals surface area contributed by atoms with Crippen molar-refractivity contribution in [2.75, 3.05) is 12.4 Å². The second kappa shape index (κ2) is 10.6. The fourth-order valence-corrected chi connectivity index (χ4v) is 3.56. The minimum Gasteiger partial charge on any atom is -0.492 e. The monoisotopic (exact) mass is 348 g/mol. The highest BCUT2D eigenvalue weighted by Crippen LogP contribution is 2.24. The molecule has 0 aliphatic carbocycles. The van der Waals surface area contributed by atoms with Gasteiger partial charge in [-0.25, -0.2) is 0 Å². The van der Waals surface area contributed by atoms with Crippen LogP contribution in [0.15, 0.2) is 58.3 Å². The first-order valence-corrected chi connectivity index (χ1v) is 9.47. The fourth-order valence-electron chi connectivity index (χ4n) is 2.28. The molecule has 0 bridgehead atoms. The van der Waals surface area contributed by atoms with Gasteiger partial charge in [0.15, 0.2) is 0 Å². The summed E-state index contributed by atoms with van der Waals surface area (Å²) in [6.45, 7) is 0.866. The van der Waals surface area contributed by atoms with Gasteiger partial charge in [0, 0.05) is 9.79 Å². The van der Waals surface area contributed by atoms with E-state index in [1.54, 1.807) is 0 Å². The average Bonchev–Trinajstić information content (AvgIpc) is 2.59. The molecule has 0 aromatic heterocycles. The molecule has 0 aliphatic rings. The number of thioether (sulfide) groups is 1. The van der Waals surface area contributed by atoms with Crippen LogP contribution in [0.25, 0.3) is 0 Å². The van der Waals surface area contributed by atoms with Crippen LogP contribution < -0.4 is 4.74 Å². The molecule has 0 unspecified atom stereocenters. The van der Waals surface area contributed by atoms with Crippen molar-refractivity contribution in [1.29, 1.82) is 0 Å². The summed E-state index contributed by atoms with van der Waals surface area (Å²) >= 11 is 6.21. The van der Waals surface area contributed by atoms with E-state index in [1.807, 2.05) is 54.2 Å². The van der Waals surface area contributed by atoms with Crippen molar-refractivity contribution in [2.24, 2.45) is 0 Å². The Kier molecular flexibility index (Phi) is 8.43. The molecule has 0 aliphatic heterocycles. The number of para-hydroxylation sites is 1. The van der Waals surface area contributed by atoms with E-state index in [4.69, 9.17) is 4.74 Å². The predicted octanol–water partition coefficient (Wildman–Crippen LogP) is 5.20. The number of thiol groups is 1. The van der Waals surface area contributed by atoms with Crippen LogP contribution in [0.1, 0.15) is 31.2 Å². The quantitative estimate of drug-likeness (QED) is 0.351. The molecule has 1 N–H and O–H groups in total. The van der Waals surface area contributed by atoms with Gasteiger partial charge in [0.1, 0.15) is 5.75 Å². The lowest BCUT2D eigenvalue weighted by Crippen LogP contribution is -1.98. The number of rotatable bonds is 10. The maximum absolute atomic E-state index is 9.30. The maximum atomic E-state index is 9.30. The summed E-state index contributed by atoms with van der Waals surface area (Å²) in [6, 6.07) is 15.9. The first kappa shape index (κ1) is 18.2. The van der Waals surface area contributed by atoms with E-state index >= 15 is 0 Å². The lowest BCUT2D eigenvalue weighted by molar-refractivity contribution is 0.279. The van der Waals surface area contributed by atoms with E-state index in [2.05, 4.69) is 18.7 Å². The van der Waals surface area contributed by atoms with Gasteiger partial charge in [-0.3, -0.25) is 0 Å². The Labute approximate surface area is 148 Å². The molecule has 2 nitrogen and oxygen atoms in total. The van der Waals surface area contributed by atoms with Gasteiger partial charge < -0.3 is 9.84 Å². The van der Waals surface area contributed by atoms with Gasteiger partial charge >= 0.3 is 0 Å². The predicted molar refractivity (Wildman–Crippen MR) is 101 cm³/mol. The molecule has 0 amide bonds. The Morgan fingerprint density at radius 2 is 1.65 bits per heavy atom. The average molecular weight is 349 g/mol. The smallest absolute Gasteiger partial charge is 0.132 e. The molecule has 2 rings (SSSR count). The number of hydrogen-bond acceptors (Lipinski definition) is 4. The van der Waals surface area contributed by atoms with Gasteiger partial charge in [0.25, 0.3) is 0 Å². The molecule has 0 atom stereocenters. The zero-order valence-corrected chi connectivity index (χ0v) is 15.0. The highest BCUT2D eigenvalue weighted by Gasteiger charge is 2.01. The van der Waals surface area contributed by atoms with Gasteiger partial charge in [0.2, 0.25) is 0 Å². The molecule has 0 spiro atoms. The Morgan fingerprint density at radius 1 is 0.913 bits per heavy atom. The van der Waals surface area contributed by atoms with Crippen molar-refractivity contribution in [2.45, 2.75) is 42.1 Å². The lowest BCUT2D eigenvalue weighted by atomic mass is 10.2. The van der Waals surface area contributed by atoms with E-state index in [-0.39, 0.29) is 6.61 Å². The third-order valence-corrected chi connectivity index (χ3v) is 5.13. The molecule has 0 fully saturated rings. The SMILES string of the molecule is OCc1ccccc1SCCCCCCOc1ccccc1S. The highest BCUT2D eigenvalue weighted by atomic mass is 32.2. The largest absolute Gasteiger partial charge is 0.492 e. The molecule has 0 radical (unpaired) electrons. The first-order chi connectivity index (χ1) is 11.3. The number of ether oxygens (including phenoxy) is 1. The normalized spacial score (nSPS) is 10.7. The molecular weight excluding hydrogens is 324 g/mol. The van der Waals surface area contributed by atoms with Crippen molar-refractivity contribution < 1.29 is 9.84 Å². The molecule has 124 valence electrons. The zero-order chi connectivity index (χ0) is 16.3. The summed E-state index contributed by atoms with van der Waals surface area (Å²) < 4.78 is 5.73. The topological polar surface area (TPSA) is 29.5 Å². The number of unbranched alkanes of at least 4 members (excludes halogenated alkanes) is 3. The summed E-state index contributed by atoms with van der Waals surface area (Å²) in [4.78, 5) is 2.09. The summed E-state index contributed by atoms with van der Waals surface area (Å²) in [5, 5.41) is 9.30. The third-order valence-electron chi connectivity index (χ3n) is 3.56. The Bertz CT molecular complexity index is 587. The van der Waals surface area contributed by atoms with E-state index < -0.39 is 0 Å². The Hall–Kier alpha value is -1.10. The molecule has 0 heterocycles. The van der Waals surface area contributed by atoms with Crippen molar-refractivity contribution >= 4 is 24.4 Å². The summed E-state index contributed by atoms with van der Waals surface area (Å²) in [7, 11) is 0. The second-order valence-corrected chi connectivity index (χ2v) is 6.96. The summed E-state index contributed by atoms with van der Waals surface area (Å²) in [6.07, 6.45) is 4.64. The zero-order valence-electron chi connectivity index (χ0n) is 13.3. The molecule has 2 aromatic carbocycles. The van der Waals surface area contributed by atoms with Crippen LogP contribution in [0.5, 0.6) is 5.75 Å². The standard InChI is InChI=1S/C19H24O2S2/c20-15-16-9-3-6-12-19(16)23-14-8-2-1-7-13-21-17-10-4-5-11-18(17)22/h3-6,9-12,20,22H,1-2,7-8,13-15H2. The number of aliphatic hydroxyl groups is 1. The van der Waals surface area contributed by atoms with Crippen molar-refractivity contribution in [1.82, 2.24) is 0 Å². The molecule has 23 heavy (non-hydrogen) atoms. The van der Waals surface area contributed by atoms with Crippen LogP contribution in [0.3, 0.4) is 0 Å². The van der Waals surface area contributed by atoms with Gasteiger partial charge in [-0.2, -0.15) is 0 Å². The van der Waals surface area contributed by atoms with E-state index in [1.165, 1.54) is 24.2 Å². The molecule has 4 heteroatoms. The maximum Gasteiger partial charge on any atom is 0.132 e. The van der Waals surface area contributed by atoms with Crippen LogP contribution in [0, 0.1) is 0 Å². The minimum atomic E-state index is 0.118. The molecule has 2 aromatic rings. The minimum absolute atomic E-state index is 0.118. The second-order valence-electron chi connectivity index (χ2n) is 5.34. The Morgan fingerprint density at radius 3 is 2.48 bits per heavy atom. The van der Waals surface area contributed by atoms with Crippen molar-refractivity contribution in [3.8, 4) is 5.75 Å². The molecule has 0 saturated heterocycles. The molecular formula is C19H24O2S2. The van der Waals surface area contributed by atoms with Gasteiger partial charge in [-0.15, -0.1) is 24.4 Å². The van der Waals surface area contributed by atoms with Crippen molar-refractivity contribution in [3.05, 3.63) is 54.1 Å². The van der Waals surface area contributed by atoms with Crippen LogP contribution in [0.2, 0.25) is 0 Å². The summed E-state index contributed by atoms with van der Waals surface area (Å²) in [5.74, 6) is 1.96.